The van der Waals surface area contributed by atoms with Gasteiger partial charge in [0.15, 0.2) is 0 Å². The van der Waals surface area contributed by atoms with E-state index in [0.717, 1.165) is 45.5 Å². The smallest absolute Gasteiger partial charge is 0.345 e. The number of benzene rings is 2. The van der Waals surface area contributed by atoms with Gasteiger partial charge in [0.25, 0.3) is 0 Å². The molecule has 0 fully saturated rings. The summed E-state index contributed by atoms with van der Waals surface area (Å²) in [4.78, 5) is 13.9. The number of hydrogen-bond donors (Lipinski definition) is 2. The third-order valence-electron chi connectivity index (χ3n) is 7.04. The topological polar surface area (TPSA) is 85.1 Å². The maximum atomic E-state index is 13.0. The zero-order valence-corrected chi connectivity index (χ0v) is 19.2. The van der Waals surface area contributed by atoms with Crippen LogP contribution in [0.4, 0.5) is 8.78 Å². The van der Waals surface area contributed by atoms with Crippen LogP contribution in [0.5, 0.6) is 0 Å². The first-order valence-corrected chi connectivity index (χ1v) is 11.7. The Balaban J connectivity index is 1.56. The van der Waals surface area contributed by atoms with Crippen molar-refractivity contribution in [3.63, 3.8) is 0 Å². The van der Waals surface area contributed by atoms with Crippen LogP contribution in [-0.4, -0.2) is 37.8 Å². The molecule has 3 atom stereocenters. The summed E-state index contributed by atoms with van der Waals surface area (Å²) in [5.41, 5.74) is 6.37. The molecule has 1 unspecified atom stereocenters. The quantitative estimate of drug-likeness (QED) is 0.426. The van der Waals surface area contributed by atoms with Crippen LogP contribution in [0.2, 0.25) is 0 Å². The van der Waals surface area contributed by atoms with E-state index in [4.69, 9.17) is 9.72 Å². The Labute approximate surface area is 200 Å². The number of ether oxygens (including phenoxy) is 1. The number of aromatic nitrogens is 4. The summed E-state index contributed by atoms with van der Waals surface area (Å²) in [6.07, 6.45) is 4.24. The van der Waals surface area contributed by atoms with Gasteiger partial charge in [-0.05, 0) is 40.8 Å². The summed E-state index contributed by atoms with van der Waals surface area (Å²) >= 11 is 0. The van der Waals surface area contributed by atoms with Crippen molar-refractivity contribution in [2.75, 3.05) is 6.61 Å². The second kappa shape index (κ2) is 8.75. The van der Waals surface area contributed by atoms with Crippen molar-refractivity contribution in [1.29, 1.82) is 0 Å². The number of nitrogens with zero attached hydrogens (tertiary/aromatic N) is 4. The highest BCUT2D eigenvalue weighted by Gasteiger charge is 2.39. The predicted octanol–water partition coefficient (Wildman–Crippen LogP) is 4.47. The highest BCUT2D eigenvalue weighted by molar-refractivity contribution is 5.79. The average Bonchev–Trinajstić information content (AvgIpc) is 3.35. The van der Waals surface area contributed by atoms with Gasteiger partial charge in [0, 0.05) is 30.4 Å². The molecule has 0 aliphatic carbocycles. The number of imidazole rings is 1. The lowest BCUT2D eigenvalue weighted by molar-refractivity contribution is -0.137. The van der Waals surface area contributed by atoms with E-state index in [1.165, 1.54) is 0 Å². The van der Waals surface area contributed by atoms with Gasteiger partial charge in [-0.1, -0.05) is 31.2 Å². The fourth-order valence-corrected chi connectivity index (χ4v) is 5.39. The van der Waals surface area contributed by atoms with E-state index in [9.17, 15) is 13.9 Å². The standard InChI is InChI=1S/C26H25F2N5O2/c1-14(12-34)24-30-10-17(11-31-24)22-16(13-35-26(27)28)7-6-15-9-29-19-8-21(23(15)22)33-20-5-3-2-4-18(20)32-25(19)33/h2-7,10-11,14,19,21,26,29,34H,8-9,12-13H2,1H3/t14?,19-,21-/m1/s1. The number of hydrogen-bond acceptors (Lipinski definition) is 6. The molecule has 9 heteroatoms. The van der Waals surface area contributed by atoms with Crippen LogP contribution in [0.3, 0.4) is 0 Å². The molecule has 0 radical (unpaired) electrons. The number of para-hydroxylation sites is 2. The highest BCUT2D eigenvalue weighted by atomic mass is 19.3. The van der Waals surface area contributed by atoms with Crippen molar-refractivity contribution >= 4 is 11.0 Å². The zero-order valence-electron chi connectivity index (χ0n) is 19.2. The SMILES string of the molecule is CC(CO)c1ncc(-c2c(COC(F)F)ccc3c2[C@H]2C[C@@H](NC3)c3nc4ccccc4n32)cn1. The minimum absolute atomic E-state index is 0.0232. The molecule has 2 bridgehead atoms. The number of aliphatic hydroxyl groups excluding tert-OH is 1. The van der Waals surface area contributed by atoms with Crippen LogP contribution in [-0.2, 0) is 17.9 Å². The van der Waals surface area contributed by atoms with Crippen molar-refractivity contribution < 1.29 is 18.6 Å². The summed E-state index contributed by atoms with van der Waals surface area (Å²) in [6.45, 7) is -0.660. The van der Waals surface area contributed by atoms with Gasteiger partial charge in [-0.3, -0.25) is 0 Å². The predicted molar refractivity (Wildman–Crippen MR) is 126 cm³/mol. The van der Waals surface area contributed by atoms with E-state index < -0.39 is 6.61 Å². The van der Waals surface area contributed by atoms with Gasteiger partial charge in [0.2, 0.25) is 0 Å². The fraction of sp³-hybridized carbons (Fsp3) is 0.346. The number of halogens is 2. The number of nitrogens with one attached hydrogen (secondary N) is 1. The molecule has 0 saturated carbocycles. The van der Waals surface area contributed by atoms with Gasteiger partial charge >= 0.3 is 6.61 Å². The molecule has 2 aliphatic rings. The minimum Gasteiger partial charge on any atom is -0.396 e. The third-order valence-corrected chi connectivity index (χ3v) is 7.04. The second-order valence-corrected chi connectivity index (χ2v) is 9.17. The van der Waals surface area contributed by atoms with E-state index in [0.29, 0.717) is 17.9 Å². The molecular weight excluding hydrogens is 452 g/mol. The largest absolute Gasteiger partial charge is 0.396 e. The summed E-state index contributed by atoms with van der Waals surface area (Å²) in [5, 5.41) is 13.1. The zero-order chi connectivity index (χ0) is 24.1. The van der Waals surface area contributed by atoms with Gasteiger partial charge in [-0.25, -0.2) is 15.0 Å². The Morgan fingerprint density at radius 1 is 1.17 bits per heavy atom. The third kappa shape index (κ3) is 3.71. The lowest BCUT2D eigenvalue weighted by atomic mass is 9.87. The van der Waals surface area contributed by atoms with Crippen LogP contribution >= 0.6 is 0 Å². The Morgan fingerprint density at radius 3 is 2.74 bits per heavy atom. The first-order chi connectivity index (χ1) is 17.0. The molecule has 4 aromatic rings. The average molecular weight is 478 g/mol. The molecule has 6 rings (SSSR count). The normalized spacial score (nSPS) is 19.6. The van der Waals surface area contributed by atoms with E-state index in [1.54, 1.807) is 12.4 Å². The summed E-state index contributed by atoms with van der Waals surface area (Å²) in [7, 11) is 0. The summed E-state index contributed by atoms with van der Waals surface area (Å²) in [5.74, 6) is 1.33. The number of rotatable bonds is 6. The molecule has 0 saturated heterocycles. The Kier molecular flexibility index (Phi) is 5.55. The number of fused-ring (bicyclic) bond motifs is 9. The Morgan fingerprint density at radius 2 is 1.97 bits per heavy atom. The number of aliphatic hydroxyl groups is 1. The molecule has 2 aliphatic heterocycles. The first kappa shape index (κ1) is 22.2. The van der Waals surface area contributed by atoms with Crippen molar-refractivity contribution in [2.45, 2.75) is 51.1 Å². The van der Waals surface area contributed by atoms with Gasteiger partial charge in [0.1, 0.15) is 11.6 Å². The number of alkyl halides is 2. The Hall–Kier alpha value is -3.27. The molecule has 2 aromatic carbocycles. The van der Waals surface area contributed by atoms with E-state index in [-0.39, 0.29) is 31.2 Å². The van der Waals surface area contributed by atoms with Crippen LogP contribution in [0.15, 0.2) is 48.8 Å². The highest BCUT2D eigenvalue weighted by Crippen LogP contribution is 2.48. The fourth-order valence-electron chi connectivity index (χ4n) is 5.39. The summed E-state index contributed by atoms with van der Waals surface area (Å²) in [6, 6.07) is 12.0. The van der Waals surface area contributed by atoms with E-state index in [2.05, 4.69) is 25.9 Å². The van der Waals surface area contributed by atoms with Gasteiger partial charge in [-0.15, -0.1) is 0 Å². The molecule has 4 heterocycles. The maximum absolute atomic E-state index is 13.0. The molecule has 0 amide bonds. The molecule has 2 aromatic heterocycles. The lowest BCUT2D eigenvalue weighted by Crippen LogP contribution is -2.20. The van der Waals surface area contributed by atoms with Crippen LogP contribution in [0, 0.1) is 0 Å². The van der Waals surface area contributed by atoms with Crippen molar-refractivity contribution in [3.05, 3.63) is 77.1 Å². The van der Waals surface area contributed by atoms with Crippen LogP contribution in [0.1, 0.15) is 59.7 Å². The van der Waals surface area contributed by atoms with Crippen molar-refractivity contribution in [1.82, 2.24) is 24.8 Å². The molecule has 35 heavy (non-hydrogen) atoms. The maximum Gasteiger partial charge on any atom is 0.345 e. The first-order valence-electron chi connectivity index (χ1n) is 11.7. The second-order valence-electron chi connectivity index (χ2n) is 9.17. The molecular formula is C26H25F2N5O2. The van der Waals surface area contributed by atoms with Crippen molar-refractivity contribution in [3.8, 4) is 11.1 Å². The molecule has 7 nitrogen and oxygen atoms in total. The molecule has 0 spiro atoms. The lowest BCUT2D eigenvalue weighted by Gasteiger charge is -2.24. The van der Waals surface area contributed by atoms with E-state index in [1.807, 2.05) is 37.3 Å². The van der Waals surface area contributed by atoms with Crippen LogP contribution in [0.25, 0.3) is 22.2 Å². The summed E-state index contributed by atoms with van der Waals surface area (Å²) < 4.78 is 33.1. The monoisotopic (exact) mass is 477 g/mol. The van der Waals surface area contributed by atoms with Gasteiger partial charge < -0.3 is 19.7 Å². The Bertz CT molecular complexity index is 1390. The van der Waals surface area contributed by atoms with Gasteiger partial charge in [0.05, 0.1) is 36.3 Å². The molecule has 180 valence electrons. The molecule has 2 N–H and O–H groups in total. The minimum atomic E-state index is -2.87. The van der Waals surface area contributed by atoms with E-state index >= 15 is 0 Å². The van der Waals surface area contributed by atoms with Crippen molar-refractivity contribution in [2.24, 2.45) is 0 Å². The van der Waals surface area contributed by atoms with Crippen LogP contribution < -0.4 is 5.32 Å². The van der Waals surface area contributed by atoms with Gasteiger partial charge in [-0.2, -0.15) is 8.78 Å².